The molecule has 0 radical (unpaired) electrons. The molecule has 0 N–H and O–H groups in total. The molecule has 0 atom stereocenters. The number of nitrogens with zero attached hydrogens (tertiary/aromatic N) is 1. The van der Waals surface area contributed by atoms with Crippen molar-refractivity contribution in [3.05, 3.63) is 5.21 Å². The lowest BCUT2D eigenvalue weighted by Gasteiger charge is -2.39. The van der Waals surface area contributed by atoms with Gasteiger partial charge in [0.05, 0.1) is 19.6 Å². The monoisotopic (exact) mass is 291 g/mol. The molecule has 1 saturated heterocycles. The van der Waals surface area contributed by atoms with Gasteiger partial charge in [0.25, 0.3) is 0 Å². The van der Waals surface area contributed by atoms with E-state index in [1.165, 1.54) is 0 Å². The van der Waals surface area contributed by atoms with Crippen molar-refractivity contribution >= 4 is 8.80 Å². The zero-order chi connectivity index (χ0) is 14.2. The Labute approximate surface area is 118 Å². The fraction of sp³-hybridized carbons (Fsp3) is 1.00. The molecule has 6 heteroatoms. The minimum Gasteiger partial charge on any atom is -0.633 e. The summed E-state index contributed by atoms with van der Waals surface area (Å²) >= 11 is 0. The van der Waals surface area contributed by atoms with E-state index in [4.69, 9.17) is 13.3 Å². The van der Waals surface area contributed by atoms with Gasteiger partial charge < -0.3 is 23.1 Å². The van der Waals surface area contributed by atoms with Crippen LogP contribution in [0.5, 0.6) is 0 Å². The summed E-state index contributed by atoms with van der Waals surface area (Å²) in [5.74, 6) is 0. The molecule has 1 rings (SSSR count). The van der Waals surface area contributed by atoms with Crippen LogP contribution in [-0.2, 0) is 13.3 Å². The van der Waals surface area contributed by atoms with E-state index in [9.17, 15) is 5.21 Å². The molecule has 0 aliphatic carbocycles. The molecule has 5 nitrogen and oxygen atoms in total. The quantitative estimate of drug-likeness (QED) is 0.352. The predicted octanol–water partition coefficient (Wildman–Crippen LogP) is 2.53. The molecule has 114 valence electrons. The van der Waals surface area contributed by atoms with Crippen LogP contribution in [0.15, 0.2) is 0 Å². The van der Waals surface area contributed by atoms with Gasteiger partial charge in [0.1, 0.15) is 0 Å². The van der Waals surface area contributed by atoms with Crippen molar-refractivity contribution in [2.24, 2.45) is 0 Å². The van der Waals surface area contributed by atoms with Crippen molar-refractivity contribution in [3.8, 4) is 0 Å². The van der Waals surface area contributed by atoms with E-state index in [2.05, 4.69) is 0 Å². The molecule has 1 aliphatic heterocycles. The maximum atomic E-state index is 12.3. The van der Waals surface area contributed by atoms with Gasteiger partial charge in [-0.1, -0.05) is 0 Å². The van der Waals surface area contributed by atoms with E-state index >= 15 is 0 Å². The van der Waals surface area contributed by atoms with Crippen LogP contribution >= 0.6 is 0 Å². The van der Waals surface area contributed by atoms with Crippen LogP contribution in [0, 0.1) is 5.21 Å². The Bertz CT molecular complexity index is 230. The molecule has 1 fully saturated rings. The van der Waals surface area contributed by atoms with E-state index in [-0.39, 0.29) is 4.65 Å². The summed E-state index contributed by atoms with van der Waals surface area (Å²) in [4.78, 5) is 0. The van der Waals surface area contributed by atoms with Gasteiger partial charge in [0, 0.05) is 45.1 Å². The summed E-state index contributed by atoms with van der Waals surface area (Å²) < 4.78 is 17.3. The summed E-state index contributed by atoms with van der Waals surface area (Å²) in [7, 11) is -2.55. The van der Waals surface area contributed by atoms with Crippen LogP contribution in [0.2, 0.25) is 6.04 Å². The van der Waals surface area contributed by atoms with Crippen LogP contribution in [-0.4, -0.2) is 52.9 Å². The maximum absolute atomic E-state index is 12.3. The second-order valence-corrected chi connectivity index (χ2v) is 7.75. The Kier molecular flexibility index (Phi) is 7.49. The number of hydrogen-bond donors (Lipinski definition) is 0. The molecule has 19 heavy (non-hydrogen) atoms. The van der Waals surface area contributed by atoms with Crippen molar-refractivity contribution < 1.29 is 17.9 Å². The van der Waals surface area contributed by atoms with Gasteiger partial charge in [-0.25, -0.2) is 0 Å². The highest BCUT2D eigenvalue weighted by atomic mass is 28.4. The minimum atomic E-state index is -2.55. The molecule has 0 unspecified atom stereocenters. The Morgan fingerprint density at radius 3 is 1.84 bits per heavy atom. The molecule has 0 saturated carbocycles. The van der Waals surface area contributed by atoms with Gasteiger partial charge >= 0.3 is 8.80 Å². The van der Waals surface area contributed by atoms with Crippen LogP contribution in [0.3, 0.4) is 0 Å². The molecule has 0 aromatic heterocycles. The molecule has 0 aromatic rings. The number of rotatable bonds is 10. The minimum absolute atomic E-state index is 0.0329. The van der Waals surface area contributed by atoms with E-state index in [1.54, 1.807) is 0 Å². The number of hydrogen-bond acceptors (Lipinski definition) is 4. The molecule has 0 aromatic carbocycles. The van der Waals surface area contributed by atoms with Crippen LogP contribution in [0.25, 0.3) is 0 Å². The Morgan fingerprint density at radius 2 is 1.42 bits per heavy atom. The topological polar surface area (TPSA) is 50.8 Å². The highest BCUT2D eigenvalue weighted by Crippen LogP contribution is 2.23. The normalized spacial score (nSPS) is 18.9. The lowest BCUT2D eigenvalue weighted by molar-refractivity contribution is -0.868. The second-order valence-electron chi connectivity index (χ2n) is 5.02. The summed E-state index contributed by atoms with van der Waals surface area (Å²) in [5, 5.41) is 12.3. The van der Waals surface area contributed by atoms with Gasteiger partial charge in [0.2, 0.25) is 0 Å². The summed E-state index contributed by atoms with van der Waals surface area (Å²) in [5.41, 5.74) is 0. The van der Waals surface area contributed by atoms with Crippen molar-refractivity contribution in [1.82, 2.24) is 0 Å². The average molecular weight is 291 g/mol. The smallest absolute Gasteiger partial charge is 0.501 e. The first-order chi connectivity index (χ1) is 9.10. The third-order valence-electron chi connectivity index (χ3n) is 3.52. The van der Waals surface area contributed by atoms with Crippen molar-refractivity contribution in [1.29, 1.82) is 0 Å². The Hall–Kier alpha value is 0.0169. The molecular weight excluding hydrogens is 262 g/mol. The molecule has 0 amide bonds. The first-order valence-corrected chi connectivity index (χ1v) is 9.52. The van der Waals surface area contributed by atoms with Crippen molar-refractivity contribution in [2.75, 3.05) is 39.5 Å². The van der Waals surface area contributed by atoms with Crippen LogP contribution in [0.1, 0.15) is 40.0 Å². The van der Waals surface area contributed by atoms with Gasteiger partial charge in [0.15, 0.2) is 0 Å². The summed E-state index contributed by atoms with van der Waals surface area (Å²) in [6, 6.07) is 0.755. The van der Waals surface area contributed by atoms with E-state index in [0.29, 0.717) is 26.4 Å². The fourth-order valence-corrected chi connectivity index (χ4v) is 5.31. The third-order valence-corrected chi connectivity index (χ3v) is 6.67. The number of hydroxylamine groups is 3. The summed E-state index contributed by atoms with van der Waals surface area (Å²) in [6.07, 6.45) is 2.96. The maximum Gasteiger partial charge on any atom is 0.501 e. The molecule has 0 bridgehead atoms. The predicted molar refractivity (Wildman–Crippen MR) is 77.5 cm³/mol. The van der Waals surface area contributed by atoms with Gasteiger partial charge in [-0.3, -0.25) is 0 Å². The number of quaternary nitrogens is 1. The van der Waals surface area contributed by atoms with E-state index in [0.717, 1.165) is 38.4 Å². The Balaban J connectivity index is 2.46. The first kappa shape index (κ1) is 17.1. The zero-order valence-electron chi connectivity index (χ0n) is 12.7. The SMILES string of the molecule is CCO[Si](CCC[N+]1([O-])CCCC1)(OCC)OCC. The fourth-order valence-electron chi connectivity index (χ4n) is 2.72. The standard InChI is InChI=1S/C13H29NO4Si/c1-4-16-19(17-5-2,18-6-3)13-9-12-14(15)10-7-8-11-14/h4-13H2,1-3H3. The van der Waals surface area contributed by atoms with Gasteiger partial charge in [-0.15, -0.1) is 0 Å². The first-order valence-electron chi connectivity index (χ1n) is 7.58. The largest absolute Gasteiger partial charge is 0.633 e. The van der Waals surface area contributed by atoms with Gasteiger partial charge in [-0.05, 0) is 20.8 Å². The number of likely N-dealkylation sites (tertiary alicyclic amines) is 1. The van der Waals surface area contributed by atoms with E-state index in [1.807, 2.05) is 20.8 Å². The van der Waals surface area contributed by atoms with Crippen molar-refractivity contribution in [2.45, 2.75) is 46.1 Å². The average Bonchev–Trinajstić information content (AvgIpc) is 2.77. The highest BCUT2D eigenvalue weighted by molar-refractivity contribution is 6.60. The van der Waals surface area contributed by atoms with Crippen LogP contribution in [0.4, 0.5) is 0 Å². The van der Waals surface area contributed by atoms with E-state index < -0.39 is 8.80 Å². The molecule has 1 aliphatic rings. The van der Waals surface area contributed by atoms with Crippen molar-refractivity contribution in [3.63, 3.8) is 0 Å². The highest BCUT2D eigenvalue weighted by Gasteiger charge is 2.40. The third kappa shape index (κ3) is 5.49. The molecular formula is C13H29NO4Si. The molecule has 0 spiro atoms. The zero-order valence-corrected chi connectivity index (χ0v) is 13.7. The lowest BCUT2D eigenvalue weighted by atomic mass is 10.4. The lowest BCUT2D eigenvalue weighted by Crippen LogP contribution is -2.47. The Morgan fingerprint density at radius 1 is 0.947 bits per heavy atom. The van der Waals surface area contributed by atoms with Crippen LogP contribution < -0.4 is 0 Å². The summed E-state index contributed by atoms with van der Waals surface area (Å²) in [6.45, 7) is 9.89. The van der Waals surface area contributed by atoms with Gasteiger partial charge in [-0.2, -0.15) is 0 Å². The second kappa shape index (κ2) is 8.34. The molecule has 1 heterocycles.